The van der Waals surface area contributed by atoms with Crippen molar-refractivity contribution in [2.45, 2.75) is 46.6 Å². The van der Waals surface area contributed by atoms with Crippen molar-refractivity contribution in [2.75, 3.05) is 12.4 Å². The van der Waals surface area contributed by atoms with E-state index in [-0.39, 0.29) is 11.9 Å². The second-order valence-electron chi connectivity index (χ2n) is 4.87. The van der Waals surface area contributed by atoms with Gasteiger partial charge in [-0.2, -0.15) is 0 Å². The predicted molar refractivity (Wildman–Crippen MR) is 66.6 cm³/mol. The van der Waals surface area contributed by atoms with Crippen LogP contribution in [0.25, 0.3) is 0 Å². The summed E-state index contributed by atoms with van der Waals surface area (Å²) in [6, 6.07) is 0. The van der Waals surface area contributed by atoms with Gasteiger partial charge < -0.3 is 4.74 Å². The maximum atomic E-state index is 10.8. The van der Waals surface area contributed by atoms with Crippen molar-refractivity contribution in [3.8, 4) is 0 Å². The third-order valence-corrected chi connectivity index (χ3v) is 3.63. The van der Waals surface area contributed by atoms with Crippen molar-refractivity contribution in [3.05, 3.63) is 0 Å². The van der Waals surface area contributed by atoms with Crippen LogP contribution < -0.4 is 5.14 Å². The highest BCUT2D eigenvalue weighted by Crippen LogP contribution is 2.11. The largest absolute Gasteiger partial charge is 0.378 e. The lowest BCUT2D eigenvalue weighted by Gasteiger charge is -2.18. The van der Waals surface area contributed by atoms with Crippen LogP contribution in [0, 0.1) is 11.8 Å². The number of rotatable bonds is 8. The molecular formula is C11H25NO3S. The number of nitrogens with two attached hydrogens (primary N) is 1. The molecule has 0 spiro atoms. The highest BCUT2D eigenvalue weighted by Gasteiger charge is 2.10. The number of sulfonamides is 1. The summed E-state index contributed by atoms with van der Waals surface area (Å²) >= 11 is 0. The van der Waals surface area contributed by atoms with Crippen LogP contribution in [-0.4, -0.2) is 26.9 Å². The number of primary sulfonamides is 1. The topological polar surface area (TPSA) is 69.4 Å². The molecule has 2 unspecified atom stereocenters. The van der Waals surface area contributed by atoms with Crippen molar-refractivity contribution in [1.82, 2.24) is 0 Å². The van der Waals surface area contributed by atoms with Crippen LogP contribution in [-0.2, 0) is 14.8 Å². The van der Waals surface area contributed by atoms with E-state index in [9.17, 15) is 8.42 Å². The second-order valence-corrected chi connectivity index (χ2v) is 6.60. The smallest absolute Gasteiger partial charge is 0.209 e. The lowest BCUT2D eigenvalue weighted by Crippen LogP contribution is -2.20. The lowest BCUT2D eigenvalue weighted by molar-refractivity contribution is 0.0286. The Morgan fingerprint density at radius 3 is 2.12 bits per heavy atom. The molecule has 2 N–H and O–H groups in total. The number of hydrogen-bond acceptors (Lipinski definition) is 3. The quantitative estimate of drug-likeness (QED) is 0.714. The molecule has 0 saturated carbocycles. The van der Waals surface area contributed by atoms with Gasteiger partial charge in [-0.15, -0.1) is 0 Å². The molecular weight excluding hydrogens is 226 g/mol. The normalized spacial score (nSPS) is 16.4. The van der Waals surface area contributed by atoms with Gasteiger partial charge in [0, 0.05) is 6.61 Å². The Morgan fingerprint density at radius 2 is 1.69 bits per heavy atom. The Hall–Kier alpha value is -0.130. The molecule has 0 aliphatic heterocycles. The maximum absolute atomic E-state index is 10.8. The van der Waals surface area contributed by atoms with Gasteiger partial charge in [-0.25, -0.2) is 13.6 Å². The molecule has 0 aromatic heterocycles. The van der Waals surface area contributed by atoms with Gasteiger partial charge in [-0.1, -0.05) is 20.8 Å². The van der Waals surface area contributed by atoms with E-state index in [1.54, 1.807) is 0 Å². The zero-order valence-electron chi connectivity index (χ0n) is 10.8. The van der Waals surface area contributed by atoms with E-state index >= 15 is 0 Å². The monoisotopic (exact) mass is 251 g/mol. The highest BCUT2D eigenvalue weighted by molar-refractivity contribution is 7.89. The summed E-state index contributed by atoms with van der Waals surface area (Å²) in [5, 5.41) is 4.94. The fourth-order valence-corrected chi connectivity index (χ4v) is 1.89. The molecule has 0 rings (SSSR count). The van der Waals surface area contributed by atoms with E-state index in [1.165, 1.54) is 0 Å². The Bertz CT molecular complexity index is 275. The first-order chi connectivity index (χ1) is 7.22. The zero-order chi connectivity index (χ0) is 12.8. The predicted octanol–water partition coefficient (Wildman–Crippen LogP) is 1.75. The summed E-state index contributed by atoms with van der Waals surface area (Å²) in [4.78, 5) is 0. The van der Waals surface area contributed by atoms with Crippen LogP contribution in [0.3, 0.4) is 0 Å². The van der Waals surface area contributed by atoms with Gasteiger partial charge in [0.25, 0.3) is 0 Å². The molecule has 0 aromatic carbocycles. The molecule has 0 aliphatic rings. The minimum Gasteiger partial charge on any atom is -0.378 e. The average molecular weight is 251 g/mol. The van der Waals surface area contributed by atoms with Crippen LogP contribution in [0.4, 0.5) is 0 Å². The molecule has 98 valence electrons. The second kappa shape index (κ2) is 7.25. The first-order valence-electron chi connectivity index (χ1n) is 5.84. The molecule has 16 heavy (non-hydrogen) atoms. The molecule has 5 heteroatoms. The van der Waals surface area contributed by atoms with Crippen LogP contribution >= 0.6 is 0 Å². The summed E-state index contributed by atoms with van der Waals surface area (Å²) in [5.74, 6) is 0.908. The van der Waals surface area contributed by atoms with E-state index in [1.807, 2.05) is 6.92 Å². The SMILES string of the molecule is CC(CCOC(C)C(C)C)CCS(N)(=O)=O. The molecule has 0 radical (unpaired) electrons. The van der Waals surface area contributed by atoms with Crippen molar-refractivity contribution in [1.29, 1.82) is 0 Å². The molecule has 0 amide bonds. The van der Waals surface area contributed by atoms with Gasteiger partial charge >= 0.3 is 0 Å². The van der Waals surface area contributed by atoms with E-state index in [0.717, 1.165) is 6.42 Å². The lowest BCUT2D eigenvalue weighted by atomic mass is 10.1. The first kappa shape index (κ1) is 15.9. The molecule has 0 heterocycles. The Morgan fingerprint density at radius 1 is 1.12 bits per heavy atom. The van der Waals surface area contributed by atoms with Gasteiger partial charge in [0.2, 0.25) is 10.0 Å². The third-order valence-electron chi connectivity index (χ3n) is 2.83. The van der Waals surface area contributed by atoms with Gasteiger partial charge in [0.05, 0.1) is 11.9 Å². The summed E-state index contributed by atoms with van der Waals surface area (Å²) in [5.41, 5.74) is 0. The molecule has 0 saturated heterocycles. The van der Waals surface area contributed by atoms with Crippen molar-refractivity contribution < 1.29 is 13.2 Å². The van der Waals surface area contributed by atoms with Gasteiger partial charge in [0.1, 0.15) is 0 Å². The first-order valence-corrected chi connectivity index (χ1v) is 7.56. The van der Waals surface area contributed by atoms with Crippen molar-refractivity contribution in [2.24, 2.45) is 17.0 Å². The van der Waals surface area contributed by atoms with Crippen LogP contribution in [0.1, 0.15) is 40.5 Å². The average Bonchev–Trinajstić information content (AvgIpc) is 2.13. The minimum absolute atomic E-state index is 0.0634. The summed E-state index contributed by atoms with van der Waals surface area (Å²) < 4.78 is 27.1. The highest BCUT2D eigenvalue weighted by atomic mass is 32.2. The summed E-state index contributed by atoms with van der Waals surface area (Å²) in [7, 11) is -3.31. The summed E-state index contributed by atoms with van der Waals surface area (Å²) in [6.45, 7) is 9.00. The molecule has 0 aliphatic carbocycles. The van der Waals surface area contributed by atoms with Crippen molar-refractivity contribution >= 4 is 10.0 Å². The summed E-state index contributed by atoms with van der Waals surface area (Å²) in [6.07, 6.45) is 1.75. The Labute approximate surface area is 99.6 Å². The van der Waals surface area contributed by atoms with E-state index in [0.29, 0.717) is 24.9 Å². The number of ether oxygens (including phenoxy) is 1. The maximum Gasteiger partial charge on any atom is 0.209 e. The Balaban J connectivity index is 3.62. The Kier molecular flexibility index (Phi) is 7.19. The van der Waals surface area contributed by atoms with Crippen LogP contribution in [0.5, 0.6) is 0 Å². The minimum atomic E-state index is -3.31. The van der Waals surface area contributed by atoms with E-state index in [2.05, 4.69) is 20.8 Å². The van der Waals surface area contributed by atoms with E-state index < -0.39 is 10.0 Å². The molecule has 0 bridgehead atoms. The molecule has 0 aromatic rings. The molecule has 0 fully saturated rings. The van der Waals surface area contributed by atoms with Gasteiger partial charge in [0.15, 0.2) is 0 Å². The van der Waals surface area contributed by atoms with Crippen LogP contribution in [0.15, 0.2) is 0 Å². The third kappa shape index (κ3) is 9.12. The van der Waals surface area contributed by atoms with Gasteiger partial charge in [-0.05, 0) is 31.6 Å². The standard InChI is InChI=1S/C11H25NO3S/c1-9(2)11(4)15-7-5-10(3)6-8-16(12,13)14/h9-11H,5-8H2,1-4H3,(H2,12,13,14). The van der Waals surface area contributed by atoms with E-state index in [4.69, 9.17) is 9.88 Å². The van der Waals surface area contributed by atoms with Gasteiger partial charge in [-0.3, -0.25) is 0 Å². The van der Waals surface area contributed by atoms with Crippen LogP contribution in [0.2, 0.25) is 0 Å². The van der Waals surface area contributed by atoms with Crippen molar-refractivity contribution in [3.63, 3.8) is 0 Å². The fraction of sp³-hybridized carbons (Fsp3) is 1.00. The molecule has 4 nitrogen and oxygen atoms in total. The number of hydrogen-bond donors (Lipinski definition) is 1. The molecule has 2 atom stereocenters. The fourth-order valence-electron chi connectivity index (χ4n) is 1.16. The zero-order valence-corrected chi connectivity index (χ0v) is 11.6.